The topological polar surface area (TPSA) is 39.1 Å². The van der Waals surface area contributed by atoms with E-state index in [4.69, 9.17) is 5.26 Å². The molecule has 1 unspecified atom stereocenters. The van der Waals surface area contributed by atoms with Crippen molar-refractivity contribution in [2.75, 3.05) is 19.6 Å². The highest BCUT2D eigenvalue weighted by atomic mass is 28.3. The largest absolute Gasteiger partial charge is 0.304 e. The summed E-state index contributed by atoms with van der Waals surface area (Å²) in [6.07, 6.45) is 4.42. The molecule has 0 amide bonds. The van der Waals surface area contributed by atoms with E-state index in [-0.39, 0.29) is 0 Å². The average molecular weight is 282 g/mol. The van der Waals surface area contributed by atoms with Crippen LogP contribution in [0.1, 0.15) is 46.5 Å². The molecule has 0 aromatic carbocycles. The van der Waals surface area contributed by atoms with Gasteiger partial charge in [0.1, 0.15) is 0 Å². The molecule has 19 heavy (non-hydrogen) atoms. The SMILES string of the molecule is CCCC(C)(C)[Si](C)(C)C1NCCCN1CCC#N. The van der Waals surface area contributed by atoms with E-state index in [0.29, 0.717) is 17.2 Å². The Morgan fingerprint density at radius 2 is 2.11 bits per heavy atom. The molecule has 1 atom stereocenters. The van der Waals surface area contributed by atoms with E-state index in [1.165, 1.54) is 19.3 Å². The maximum Gasteiger partial charge on any atom is 0.0904 e. The van der Waals surface area contributed by atoms with E-state index in [1.807, 2.05) is 0 Å². The van der Waals surface area contributed by atoms with Gasteiger partial charge in [-0.15, -0.1) is 0 Å². The highest BCUT2D eigenvalue weighted by Crippen LogP contribution is 2.44. The molecule has 0 saturated carbocycles. The van der Waals surface area contributed by atoms with Gasteiger partial charge in [0.15, 0.2) is 0 Å². The molecule has 0 spiro atoms. The fourth-order valence-corrected chi connectivity index (χ4v) is 6.70. The maximum atomic E-state index is 8.84. The van der Waals surface area contributed by atoms with Crippen molar-refractivity contribution in [3.8, 4) is 6.07 Å². The van der Waals surface area contributed by atoms with Crippen molar-refractivity contribution in [3.05, 3.63) is 0 Å². The lowest BCUT2D eigenvalue weighted by atomic mass is 10.1. The van der Waals surface area contributed by atoms with Crippen LogP contribution < -0.4 is 5.32 Å². The van der Waals surface area contributed by atoms with Crippen LogP contribution in [-0.2, 0) is 0 Å². The molecule has 1 fully saturated rings. The van der Waals surface area contributed by atoms with Gasteiger partial charge < -0.3 is 5.32 Å². The molecule has 0 radical (unpaired) electrons. The maximum absolute atomic E-state index is 8.84. The highest BCUT2D eigenvalue weighted by molar-refractivity contribution is 6.81. The standard InChI is InChI=1S/C15H31N3Si/c1-6-9-15(2,3)19(4,5)14-17-11-8-13-18(14)12-7-10-16/h14,17H,6-9,11-13H2,1-5H3. The minimum Gasteiger partial charge on any atom is -0.304 e. The second-order valence-corrected chi connectivity index (χ2v) is 12.4. The van der Waals surface area contributed by atoms with Crippen molar-refractivity contribution in [1.29, 1.82) is 5.26 Å². The summed E-state index contributed by atoms with van der Waals surface area (Å²) in [5, 5.41) is 13.0. The summed E-state index contributed by atoms with van der Waals surface area (Å²) in [6.45, 7) is 15.4. The number of hydrogen-bond donors (Lipinski definition) is 1. The minimum atomic E-state index is -1.46. The second-order valence-electron chi connectivity index (χ2n) is 7.01. The number of nitriles is 1. The Morgan fingerprint density at radius 3 is 2.68 bits per heavy atom. The summed E-state index contributed by atoms with van der Waals surface area (Å²) in [7, 11) is -1.46. The van der Waals surface area contributed by atoms with Crippen molar-refractivity contribution in [3.63, 3.8) is 0 Å². The zero-order valence-electron chi connectivity index (χ0n) is 13.4. The quantitative estimate of drug-likeness (QED) is 0.759. The van der Waals surface area contributed by atoms with Crippen LogP contribution in [0, 0.1) is 11.3 Å². The first-order valence-electron chi connectivity index (χ1n) is 7.71. The number of hydrogen-bond acceptors (Lipinski definition) is 3. The predicted molar refractivity (Wildman–Crippen MR) is 84.6 cm³/mol. The molecular formula is C15H31N3Si. The minimum absolute atomic E-state index is 0.432. The Labute approximate surface area is 120 Å². The van der Waals surface area contributed by atoms with E-state index >= 15 is 0 Å². The molecule has 0 aromatic heterocycles. The van der Waals surface area contributed by atoms with Crippen molar-refractivity contribution in [1.82, 2.24) is 10.2 Å². The van der Waals surface area contributed by atoms with Crippen LogP contribution in [0.15, 0.2) is 0 Å². The lowest BCUT2D eigenvalue weighted by Gasteiger charge is -2.51. The fourth-order valence-electron chi connectivity index (χ4n) is 3.24. The molecule has 0 aromatic rings. The van der Waals surface area contributed by atoms with Gasteiger partial charge in [-0.2, -0.15) is 5.26 Å². The number of nitrogens with one attached hydrogen (secondary N) is 1. The molecule has 110 valence electrons. The van der Waals surface area contributed by atoms with Gasteiger partial charge in [-0.25, -0.2) is 0 Å². The van der Waals surface area contributed by atoms with E-state index in [9.17, 15) is 0 Å². The molecule has 1 N–H and O–H groups in total. The highest BCUT2D eigenvalue weighted by Gasteiger charge is 2.47. The van der Waals surface area contributed by atoms with Gasteiger partial charge in [0.25, 0.3) is 0 Å². The molecule has 0 bridgehead atoms. The van der Waals surface area contributed by atoms with Crippen LogP contribution in [0.5, 0.6) is 0 Å². The summed E-state index contributed by atoms with van der Waals surface area (Å²) in [5.74, 6) is 0.524. The van der Waals surface area contributed by atoms with Gasteiger partial charge in [0.05, 0.1) is 14.1 Å². The van der Waals surface area contributed by atoms with E-state index < -0.39 is 8.07 Å². The number of nitrogens with zero attached hydrogens (tertiary/aromatic N) is 2. The van der Waals surface area contributed by atoms with Gasteiger partial charge in [-0.05, 0) is 18.0 Å². The summed E-state index contributed by atoms with van der Waals surface area (Å²) >= 11 is 0. The van der Waals surface area contributed by atoms with Gasteiger partial charge >= 0.3 is 0 Å². The Hall–Kier alpha value is -0.373. The molecule has 3 nitrogen and oxygen atoms in total. The van der Waals surface area contributed by atoms with Crippen LogP contribution >= 0.6 is 0 Å². The van der Waals surface area contributed by atoms with E-state index in [2.05, 4.69) is 50.2 Å². The Kier molecular flexibility index (Phi) is 6.03. The van der Waals surface area contributed by atoms with Gasteiger partial charge in [0, 0.05) is 25.3 Å². The van der Waals surface area contributed by atoms with Crippen molar-refractivity contribution < 1.29 is 0 Å². The van der Waals surface area contributed by atoms with Gasteiger partial charge in [-0.1, -0.05) is 46.7 Å². The number of rotatable bonds is 6. The summed E-state index contributed by atoms with van der Waals surface area (Å²) in [5.41, 5.74) is 0. The monoisotopic (exact) mass is 281 g/mol. The van der Waals surface area contributed by atoms with Gasteiger partial charge in [-0.3, -0.25) is 4.90 Å². The molecule has 1 rings (SSSR count). The molecule has 1 heterocycles. The fraction of sp³-hybridized carbons (Fsp3) is 0.933. The first-order chi connectivity index (χ1) is 8.86. The Balaban J connectivity index is 2.85. The van der Waals surface area contributed by atoms with Crippen LogP contribution in [0.3, 0.4) is 0 Å². The molecule has 4 heteroatoms. The summed E-state index contributed by atoms with van der Waals surface area (Å²) in [4.78, 5) is 2.54. The molecule has 1 aliphatic heterocycles. The zero-order valence-corrected chi connectivity index (χ0v) is 14.4. The molecule has 0 aliphatic carbocycles. The third kappa shape index (κ3) is 3.81. The Bertz CT molecular complexity index is 320. The summed E-state index contributed by atoms with van der Waals surface area (Å²) < 4.78 is 0. The van der Waals surface area contributed by atoms with Crippen LogP contribution in [-0.4, -0.2) is 38.4 Å². The lowest BCUT2D eigenvalue weighted by molar-refractivity contribution is 0.177. The predicted octanol–water partition coefficient (Wildman–Crippen LogP) is 3.35. The smallest absolute Gasteiger partial charge is 0.0904 e. The summed E-state index contributed by atoms with van der Waals surface area (Å²) in [6, 6.07) is 2.30. The van der Waals surface area contributed by atoms with Crippen LogP contribution in [0.25, 0.3) is 0 Å². The lowest BCUT2D eigenvalue weighted by Crippen LogP contribution is -2.67. The van der Waals surface area contributed by atoms with Gasteiger partial charge in [0.2, 0.25) is 0 Å². The van der Waals surface area contributed by atoms with Crippen LogP contribution in [0.2, 0.25) is 18.1 Å². The third-order valence-electron chi connectivity index (χ3n) is 5.14. The average Bonchev–Trinajstić information content (AvgIpc) is 2.36. The zero-order chi connectivity index (χ0) is 14.5. The first-order valence-corrected chi connectivity index (χ1v) is 10.8. The first kappa shape index (κ1) is 16.7. The van der Waals surface area contributed by atoms with Crippen molar-refractivity contribution in [2.45, 2.75) is 70.4 Å². The van der Waals surface area contributed by atoms with Crippen LogP contribution in [0.4, 0.5) is 0 Å². The Morgan fingerprint density at radius 1 is 1.42 bits per heavy atom. The van der Waals surface area contributed by atoms with E-state index in [1.54, 1.807) is 0 Å². The normalized spacial score (nSPS) is 22.2. The molecular weight excluding hydrogens is 250 g/mol. The van der Waals surface area contributed by atoms with E-state index in [0.717, 1.165) is 19.6 Å². The molecule has 1 saturated heterocycles. The third-order valence-corrected chi connectivity index (χ3v) is 10.8. The van der Waals surface area contributed by atoms with Crippen molar-refractivity contribution >= 4 is 8.07 Å². The second kappa shape index (κ2) is 6.87. The van der Waals surface area contributed by atoms with Crippen molar-refractivity contribution in [2.24, 2.45) is 0 Å². The molecule has 1 aliphatic rings.